The number of aromatic nitrogens is 2. The summed E-state index contributed by atoms with van der Waals surface area (Å²) in [5.74, 6) is 1.40. The molecule has 5 nitrogen and oxygen atoms in total. The molecule has 0 unspecified atom stereocenters. The summed E-state index contributed by atoms with van der Waals surface area (Å²) in [6, 6.07) is 1.56. The lowest BCUT2D eigenvalue weighted by molar-refractivity contribution is 0.262. The minimum absolute atomic E-state index is 0.281. The van der Waals surface area contributed by atoms with Crippen LogP contribution >= 0.6 is 11.3 Å². The van der Waals surface area contributed by atoms with E-state index in [1.807, 2.05) is 16.8 Å². The SMILES string of the molecule is O=C(Nc1cnc(C2CC2)nc1)Nc1ccsc1. The van der Waals surface area contributed by atoms with Crippen molar-refractivity contribution >= 4 is 28.7 Å². The number of hydrogen-bond acceptors (Lipinski definition) is 4. The second-order valence-corrected chi connectivity index (χ2v) is 4.98. The van der Waals surface area contributed by atoms with Crippen LogP contribution < -0.4 is 10.6 Å². The summed E-state index contributed by atoms with van der Waals surface area (Å²) in [4.78, 5) is 20.1. The quantitative estimate of drug-likeness (QED) is 0.891. The molecule has 1 aliphatic rings. The van der Waals surface area contributed by atoms with Gasteiger partial charge in [-0.05, 0) is 24.3 Å². The highest BCUT2D eigenvalue weighted by molar-refractivity contribution is 7.08. The molecular formula is C12H12N4OS. The summed E-state index contributed by atoms with van der Waals surface area (Å²) >= 11 is 1.53. The zero-order chi connectivity index (χ0) is 12.4. The molecule has 3 rings (SSSR count). The lowest BCUT2D eigenvalue weighted by Gasteiger charge is -2.05. The first-order valence-electron chi connectivity index (χ1n) is 5.73. The number of nitrogens with one attached hydrogen (secondary N) is 2. The molecule has 0 saturated heterocycles. The maximum atomic E-state index is 11.6. The molecule has 2 aromatic heterocycles. The van der Waals surface area contributed by atoms with Crippen LogP contribution in [0.15, 0.2) is 29.2 Å². The summed E-state index contributed by atoms with van der Waals surface area (Å²) in [5.41, 5.74) is 1.39. The Morgan fingerprint density at radius 3 is 2.56 bits per heavy atom. The molecule has 0 aliphatic heterocycles. The fourth-order valence-corrected chi connectivity index (χ4v) is 2.17. The van der Waals surface area contributed by atoms with E-state index in [0.717, 1.165) is 11.5 Å². The molecule has 92 valence electrons. The number of rotatable bonds is 3. The van der Waals surface area contributed by atoms with Crippen molar-refractivity contribution in [3.05, 3.63) is 35.0 Å². The van der Waals surface area contributed by atoms with Crippen LogP contribution in [-0.2, 0) is 0 Å². The van der Waals surface area contributed by atoms with Crippen LogP contribution in [0.25, 0.3) is 0 Å². The zero-order valence-electron chi connectivity index (χ0n) is 9.59. The molecule has 1 aliphatic carbocycles. The van der Waals surface area contributed by atoms with Crippen molar-refractivity contribution in [2.75, 3.05) is 10.6 Å². The number of amides is 2. The molecule has 0 aromatic carbocycles. The Bertz CT molecular complexity index is 534. The molecule has 6 heteroatoms. The summed E-state index contributed by atoms with van der Waals surface area (Å²) in [6.45, 7) is 0. The number of anilines is 2. The van der Waals surface area contributed by atoms with Crippen molar-refractivity contribution < 1.29 is 4.79 Å². The van der Waals surface area contributed by atoms with E-state index >= 15 is 0 Å². The molecule has 2 heterocycles. The molecule has 0 spiro atoms. The lowest BCUT2D eigenvalue weighted by Crippen LogP contribution is -2.19. The van der Waals surface area contributed by atoms with Gasteiger partial charge in [-0.25, -0.2) is 14.8 Å². The molecule has 0 bridgehead atoms. The highest BCUT2D eigenvalue weighted by Gasteiger charge is 2.26. The highest BCUT2D eigenvalue weighted by Crippen LogP contribution is 2.37. The van der Waals surface area contributed by atoms with Gasteiger partial charge in [0.1, 0.15) is 5.82 Å². The van der Waals surface area contributed by atoms with Crippen LogP contribution in [0.3, 0.4) is 0 Å². The average molecular weight is 260 g/mol. The molecule has 0 radical (unpaired) electrons. The smallest absolute Gasteiger partial charge is 0.307 e. The van der Waals surface area contributed by atoms with Crippen molar-refractivity contribution in [2.45, 2.75) is 18.8 Å². The van der Waals surface area contributed by atoms with Gasteiger partial charge < -0.3 is 10.6 Å². The van der Waals surface area contributed by atoms with Gasteiger partial charge >= 0.3 is 6.03 Å². The molecule has 0 atom stereocenters. The predicted molar refractivity (Wildman–Crippen MR) is 71.0 cm³/mol. The predicted octanol–water partition coefficient (Wildman–Crippen LogP) is 3.06. The first-order chi connectivity index (χ1) is 8.81. The molecular weight excluding hydrogens is 248 g/mol. The van der Waals surface area contributed by atoms with Gasteiger partial charge in [-0.3, -0.25) is 0 Å². The number of hydrogen-bond donors (Lipinski definition) is 2. The molecule has 1 fully saturated rings. The number of nitrogens with zero attached hydrogens (tertiary/aromatic N) is 2. The van der Waals surface area contributed by atoms with Crippen LogP contribution in [0, 0.1) is 0 Å². The third-order valence-electron chi connectivity index (χ3n) is 2.65. The van der Waals surface area contributed by atoms with Gasteiger partial charge in [0.2, 0.25) is 0 Å². The van der Waals surface area contributed by atoms with E-state index in [1.54, 1.807) is 12.4 Å². The second-order valence-electron chi connectivity index (χ2n) is 4.20. The van der Waals surface area contributed by atoms with Crippen molar-refractivity contribution in [2.24, 2.45) is 0 Å². The largest absolute Gasteiger partial charge is 0.323 e. The number of urea groups is 1. The lowest BCUT2D eigenvalue weighted by atomic mass is 10.4. The normalized spacial score (nSPS) is 14.2. The Labute approximate surface area is 108 Å². The highest BCUT2D eigenvalue weighted by atomic mass is 32.1. The summed E-state index contributed by atoms with van der Waals surface area (Å²) < 4.78 is 0. The Kier molecular flexibility index (Phi) is 2.93. The Balaban J connectivity index is 1.59. The third-order valence-corrected chi connectivity index (χ3v) is 3.33. The van der Waals surface area contributed by atoms with Gasteiger partial charge in [0.25, 0.3) is 0 Å². The van der Waals surface area contributed by atoms with Crippen molar-refractivity contribution in [1.82, 2.24) is 9.97 Å². The van der Waals surface area contributed by atoms with Crippen LogP contribution in [0.4, 0.5) is 16.2 Å². The Morgan fingerprint density at radius 1 is 1.22 bits per heavy atom. The fourth-order valence-electron chi connectivity index (χ4n) is 1.58. The van der Waals surface area contributed by atoms with E-state index in [4.69, 9.17) is 0 Å². The number of carbonyl (C=O) groups is 1. The van der Waals surface area contributed by atoms with Crippen LogP contribution in [0.2, 0.25) is 0 Å². The van der Waals surface area contributed by atoms with Gasteiger partial charge in [0, 0.05) is 11.3 Å². The van der Waals surface area contributed by atoms with E-state index < -0.39 is 0 Å². The van der Waals surface area contributed by atoms with Gasteiger partial charge in [0.05, 0.1) is 23.8 Å². The third kappa shape index (κ3) is 2.65. The maximum Gasteiger partial charge on any atom is 0.323 e. The van der Waals surface area contributed by atoms with E-state index in [-0.39, 0.29) is 6.03 Å². The van der Waals surface area contributed by atoms with Gasteiger partial charge in [-0.1, -0.05) is 0 Å². The number of thiophene rings is 1. The topological polar surface area (TPSA) is 66.9 Å². The molecule has 1 saturated carbocycles. The second kappa shape index (κ2) is 4.73. The van der Waals surface area contributed by atoms with Crippen molar-refractivity contribution in [3.8, 4) is 0 Å². The fraction of sp³-hybridized carbons (Fsp3) is 0.250. The minimum Gasteiger partial charge on any atom is -0.307 e. The van der Waals surface area contributed by atoms with Crippen LogP contribution in [-0.4, -0.2) is 16.0 Å². The molecule has 18 heavy (non-hydrogen) atoms. The Morgan fingerprint density at radius 2 is 1.94 bits per heavy atom. The zero-order valence-corrected chi connectivity index (χ0v) is 10.4. The minimum atomic E-state index is -0.281. The Hall–Kier alpha value is -1.95. The molecule has 2 aromatic rings. The number of carbonyl (C=O) groups excluding carboxylic acids is 1. The summed E-state index contributed by atoms with van der Waals surface area (Å²) in [6.07, 6.45) is 5.64. The first-order valence-corrected chi connectivity index (χ1v) is 6.68. The van der Waals surface area contributed by atoms with Gasteiger partial charge in [-0.2, -0.15) is 11.3 Å². The van der Waals surface area contributed by atoms with Crippen molar-refractivity contribution in [3.63, 3.8) is 0 Å². The molecule has 2 N–H and O–H groups in total. The van der Waals surface area contributed by atoms with E-state index in [9.17, 15) is 4.79 Å². The van der Waals surface area contributed by atoms with Crippen LogP contribution in [0.5, 0.6) is 0 Å². The standard InChI is InChI=1S/C12H12N4OS/c17-12(15-9-3-4-18-7-9)16-10-5-13-11(14-6-10)8-1-2-8/h3-8H,1-2H2,(H2,15,16,17). The first kappa shape index (κ1) is 11.2. The van der Waals surface area contributed by atoms with Crippen LogP contribution in [0.1, 0.15) is 24.6 Å². The van der Waals surface area contributed by atoms with E-state index in [1.165, 1.54) is 24.2 Å². The van der Waals surface area contributed by atoms with E-state index in [0.29, 0.717) is 11.6 Å². The van der Waals surface area contributed by atoms with Gasteiger partial charge in [-0.15, -0.1) is 0 Å². The maximum absolute atomic E-state index is 11.6. The van der Waals surface area contributed by atoms with E-state index in [2.05, 4.69) is 20.6 Å². The molecule has 2 amide bonds. The van der Waals surface area contributed by atoms with Crippen molar-refractivity contribution in [1.29, 1.82) is 0 Å². The monoisotopic (exact) mass is 260 g/mol. The summed E-state index contributed by atoms with van der Waals surface area (Å²) in [5, 5.41) is 9.19. The average Bonchev–Trinajstić information content (AvgIpc) is 3.09. The van der Waals surface area contributed by atoms with Gasteiger partial charge in [0.15, 0.2) is 0 Å². The summed E-state index contributed by atoms with van der Waals surface area (Å²) in [7, 11) is 0.